The van der Waals surface area contributed by atoms with Gasteiger partial charge in [0.15, 0.2) is 0 Å². The Morgan fingerprint density at radius 3 is 3.09 bits per heavy atom. The summed E-state index contributed by atoms with van der Waals surface area (Å²) >= 11 is 0. The zero-order chi connectivity index (χ0) is 8.10. The first-order chi connectivity index (χ1) is 5.29. The summed E-state index contributed by atoms with van der Waals surface area (Å²) in [5.74, 6) is -0.960. The summed E-state index contributed by atoms with van der Waals surface area (Å²) in [5, 5.41) is 8.26. The molecule has 0 saturated heterocycles. The lowest BCUT2D eigenvalue weighted by molar-refractivity contribution is -0.131. The summed E-state index contributed by atoms with van der Waals surface area (Å²) < 4.78 is 0. The highest BCUT2D eigenvalue weighted by molar-refractivity contribution is 5.85. The molecule has 0 amide bonds. The Morgan fingerprint density at radius 1 is 1.73 bits per heavy atom. The molecule has 1 aromatic rings. The quantitative estimate of drug-likeness (QED) is 0.636. The number of carboxylic acids is 1. The van der Waals surface area contributed by atoms with Gasteiger partial charge in [-0.15, -0.1) is 0 Å². The second kappa shape index (κ2) is 3.51. The van der Waals surface area contributed by atoms with Crippen molar-refractivity contribution in [1.82, 2.24) is 4.98 Å². The minimum atomic E-state index is -0.960. The molecule has 55 valence electrons. The zero-order valence-corrected chi connectivity index (χ0v) is 5.69. The van der Waals surface area contributed by atoms with E-state index in [2.05, 4.69) is 11.2 Å². The van der Waals surface area contributed by atoms with Gasteiger partial charge < -0.3 is 5.11 Å². The fourth-order valence-corrected chi connectivity index (χ4v) is 0.597. The van der Waals surface area contributed by atoms with E-state index in [-0.39, 0.29) is 0 Å². The molecule has 1 aromatic heterocycles. The number of hydrogen-bond acceptors (Lipinski definition) is 2. The van der Waals surface area contributed by atoms with Gasteiger partial charge in [-0.05, 0) is 17.7 Å². The van der Waals surface area contributed by atoms with Crippen molar-refractivity contribution < 1.29 is 9.90 Å². The molecule has 0 aliphatic rings. The van der Waals surface area contributed by atoms with E-state index in [1.807, 2.05) is 0 Å². The van der Waals surface area contributed by atoms with E-state index in [9.17, 15) is 4.79 Å². The van der Waals surface area contributed by atoms with E-state index in [1.165, 1.54) is 6.08 Å². The van der Waals surface area contributed by atoms with Crippen LogP contribution in [0.25, 0.3) is 6.08 Å². The number of hydrogen-bond donors (Lipinski definition) is 1. The lowest BCUT2D eigenvalue weighted by Gasteiger charge is -1.86. The third kappa shape index (κ3) is 2.62. The highest BCUT2D eigenvalue weighted by atomic mass is 16.4. The second-order valence-electron chi connectivity index (χ2n) is 1.89. The molecule has 0 aliphatic carbocycles. The monoisotopic (exact) mass is 148 g/mol. The van der Waals surface area contributed by atoms with E-state index in [1.54, 1.807) is 18.3 Å². The van der Waals surface area contributed by atoms with E-state index >= 15 is 0 Å². The van der Waals surface area contributed by atoms with Crippen molar-refractivity contribution in [3.8, 4) is 0 Å². The van der Waals surface area contributed by atoms with Gasteiger partial charge in [0.1, 0.15) is 0 Å². The van der Waals surface area contributed by atoms with Crippen LogP contribution in [0.3, 0.4) is 0 Å². The predicted molar refractivity (Wildman–Crippen MR) is 39.7 cm³/mol. The summed E-state index contributed by atoms with van der Waals surface area (Å²) in [5.41, 5.74) is 0.756. The number of rotatable bonds is 2. The fraction of sp³-hybridized carbons (Fsp3) is 0. The van der Waals surface area contributed by atoms with Gasteiger partial charge in [0.25, 0.3) is 0 Å². The molecule has 3 heteroatoms. The molecule has 0 atom stereocenters. The van der Waals surface area contributed by atoms with E-state index in [0.29, 0.717) is 0 Å². The third-order valence-corrected chi connectivity index (χ3v) is 1.06. The molecule has 3 nitrogen and oxygen atoms in total. The van der Waals surface area contributed by atoms with Crippen LogP contribution in [-0.4, -0.2) is 16.1 Å². The lowest BCUT2D eigenvalue weighted by atomic mass is 10.3. The van der Waals surface area contributed by atoms with Crippen molar-refractivity contribution in [2.24, 2.45) is 0 Å². The second-order valence-corrected chi connectivity index (χ2v) is 1.89. The molecule has 0 saturated carbocycles. The Balaban J connectivity index is 2.72. The highest BCUT2D eigenvalue weighted by Crippen LogP contribution is 1.97. The average Bonchev–Trinajstić information content (AvgIpc) is 2.03. The molecule has 0 aromatic carbocycles. The van der Waals surface area contributed by atoms with Gasteiger partial charge in [-0.2, -0.15) is 0 Å². The van der Waals surface area contributed by atoms with Gasteiger partial charge in [-0.1, -0.05) is 6.07 Å². The number of aromatic nitrogens is 1. The predicted octanol–water partition coefficient (Wildman–Crippen LogP) is 0.980. The molecule has 1 heterocycles. The minimum absolute atomic E-state index is 0.756. The van der Waals surface area contributed by atoms with Crippen molar-refractivity contribution in [3.05, 3.63) is 36.2 Å². The van der Waals surface area contributed by atoms with E-state index in [0.717, 1.165) is 11.6 Å². The number of nitrogens with zero attached hydrogens (tertiary/aromatic N) is 1. The first-order valence-electron chi connectivity index (χ1n) is 3.02. The van der Waals surface area contributed by atoms with E-state index < -0.39 is 5.97 Å². The Morgan fingerprint density at radius 2 is 2.55 bits per heavy atom. The van der Waals surface area contributed by atoms with Crippen molar-refractivity contribution >= 4 is 12.0 Å². The maximum atomic E-state index is 10.1. The molecule has 11 heavy (non-hydrogen) atoms. The Hall–Kier alpha value is -1.64. The van der Waals surface area contributed by atoms with Crippen LogP contribution in [0.1, 0.15) is 5.56 Å². The number of pyridine rings is 1. The molecule has 0 spiro atoms. The zero-order valence-electron chi connectivity index (χ0n) is 5.69. The Bertz CT molecular complexity index is 267. The van der Waals surface area contributed by atoms with Crippen LogP contribution in [0.4, 0.5) is 0 Å². The van der Waals surface area contributed by atoms with E-state index in [4.69, 9.17) is 5.11 Å². The van der Waals surface area contributed by atoms with Crippen LogP contribution in [0, 0.1) is 6.20 Å². The van der Waals surface area contributed by atoms with Gasteiger partial charge in [-0.3, -0.25) is 4.98 Å². The van der Waals surface area contributed by atoms with Gasteiger partial charge >= 0.3 is 5.97 Å². The summed E-state index contributed by atoms with van der Waals surface area (Å²) in [6.07, 6.45) is 6.67. The van der Waals surface area contributed by atoms with Crippen LogP contribution >= 0.6 is 0 Å². The maximum Gasteiger partial charge on any atom is 0.328 e. The summed E-state index contributed by atoms with van der Waals surface area (Å²) in [4.78, 5) is 13.8. The first-order valence-corrected chi connectivity index (χ1v) is 3.02. The van der Waals surface area contributed by atoms with Crippen LogP contribution < -0.4 is 0 Å². The number of carbonyl (C=O) groups is 1. The van der Waals surface area contributed by atoms with Gasteiger partial charge in [0.2, 0.25) is 0 Å². The fourth-order valence-electron chi connectivity index (χ4n) is 0.597. The van der Waals surface area contributed by atoms with Crippen LogP contribution in [0.15, 0.2) is 24.4 Å². The summed E-state index contributed by atoms with van der Waals surface area (Å²) in [6, 6.07) is 3.36. The standard InChI is InChI=1S/C8H6NO2/c10-8(11)4-3-7-2-1-5-9-6-7/h1-4,6H,(H,10,11)/b4-3+. The maximum absolute atomic E-state index is 10.1. The molecular formula is C8H6NO2. The van der Waals surface area contributed by atoms with Gasteiger partial charge in [0, 0.05) is 12.3 Å². The van der Waals surface area contributed by atoms with Crippen molar-refractivity contribution in [3.63, 3.8) is 0 Å². The molecule has 0 fully saturated rings. The summed E-state index contributed by atoms with van der Waals surface area (Å²) in [7, 11) is 0. The molecule has 0 unspecified atom stereocenters. The van der Waals surface area contributed by atoms with Crippen molar-refractivity contribution in [1.29, 1.82) is 0 Å². The van der Waals surface area contributed by atoms with Crippen LogP contribution in [0.5, 0.6) is 0 Å². The SMILES string of the molecule is O=C(O)/C=C/c1cc[c]nc1. The first kappa shape index (κ1) is 7.47. The molecular weight excluding hydrogens is 142 g/mol. The minimum Gasteiger partial charge on any atom is -0.478 e. The topological polar surface area (TPSA) is 50.2 Å². The van der Waals surface area contributed by atoms with Gasteiger partial charge in [-0.25, -0.2) is 4.79 Å². The van der Waals surface area contributed by atoms with Crippen LogP contribution in [0.2, 0.25) is 0 Å². The molecule has 0 aliphatic heterocycles. The summed E-state index contributed by atoms with van der Waals surface area (Å²) in [6.45, 7) is 0. The highest BCUT2D eigenvalue weighted by Gasteiger charge is 1.86. The molecule has 0 bridgehead atoms. The Labute approximate surface area is 64.0 Å². The number of aliphatic carboxylic acids is 1. The molecule has 1 N–H and O–H groups in total. The average molecular weight is 148 g/mol. The normalized spacial score (nSPS) is 10.2. The molecule has 1 radical (unpaired) electrons. The smallest absolute Gasteiger partial charge is 0.328 e. The Kier molecular flexibility index (Phi) is 2.38. The number of carboxylic acid groups (broad SMARTS) is 1. The van der Waals surface area contributed by atoms with Gasteiger partial charge in [0.05, 0.1) is 6.20 Å². The lowest BCUT2D eigenvalue weighted by Crippen LogP contribution is -1.85. The van der Waals surface area contributed by atoms with Crippen LogP contribution in [-0.2, 0) is 4.79 Å². The van der Waals surface area contributed by atoms with Crippen molar-refractivity contribution in [2.75, 3.05) is 0 Å². The molecule has 1 rings (SSSR count). The largest absolute Gasteiger partial charge is 0.478 e. The third-order valence-electron chi connectivity index (χ3n) is 1.06. The van der Waals surface area contributed by atoms with Crippen molar-refractivity contribution in [2.45, 2.75) is 0 Å².